The Kier molecular flexibility index (Phi) is 9.69. The molecule has 1 N–H and O–H groups in total. The summed E-state index contributed by atoms with van der Waals surface area (Å²) in [5.41, 5.74) is -0.0523. The lowest BCUT2D eigenvalue weighted by Gasteiger charge is -2.25. The number of nitrogens with zero attached hydrogens (tertiary/aromatic N) is 2. The van der Waals surface area contributed by atoms with E-state index in [1.807, 2.05) is 0 Å². The largest absolute Gasteiger partial charge is 0.492 e. The van der Waals surface area contributed by atoms with Crippen LogP contribution in [-0.2, 0) is 24.8 Å². The number of nitrogens with one attached hydrogen (secondary N) is 1. The molecule has 36 heavy (non-hydrogen) atoms. The molecular weight excluding hydrogens is 509 g/mol. The molecule has 0 radical (unpaired) electrons. The van der Waals surface area contributed by atoms with E-state index in [1.54, 1.807) is 18.2 Å². The zero-order chi connectivity index (χ0) is 26.2. The molecule has 12 heteroatoms. The van der Waals surface area contributed by atoms with Crippen molar-refractivity contribution in [2.45, 2.75) is 37.0 Å². The Bertz CT molecular complexity index is 1230. The van der Waals surface area contributed by atoms with E-state index < -0.39 is 25.9 Å². The number of anilines is 1. The predicted octanol–water partition coefficient (Wildman–Crippen LogP) is 2.74. The van der Waals surface area contributed by atoms with E-state index in [2.05, 4.69) is 5.32 Å². The van der Waals surface area contributed by atoms with Crippen molar-refractivity contribution in [3.8, 4) is 5.75 Å². The molecule has 0 aliphatic carbocycles. The van der Waals surface area contributed by atoms with E-state index in [0.717, 1.165) is 29.8 Å². The van der Waals surface area contributed by atoms with Crippen LogP contribution in [0.1, 0.15) is 32.1 Å². The zero-order valence-corrected chi connectivity index (χ0v) is 21.9. The van der Waals surface area contributed by atoms with E-state index in [0.29, 0.717) is 18.8 Å². The number of carbonyl (C=O) groups is 1. The summed E-state index contributed by atoms with van der Waals surface area (Å²) in [5, 5.41) is 2.69. The summed E-state index contributed by atoms with van der Waals surface area (Å²) < 4.78 is 71.6. The van der Waals surface area contributed by atoms with Gasteiger partial charge in [-0.15, -0.1) is 0 Å². The fourth-order valence-corrected chi connectivity index (χ4v) is 6.40. The molecule has 0 bridgehead atoms. The molecule has 198 valence electrons. The van der Waals surface area contributed by atoms with Crippen molar-refractivity contribution in [1.82, 2.24) is 9.62 Å². The van der Waals surface area contributed by atoms with Crippen LogP contribution in [0, 0.1) is 5.82 Å². The highest BCUT2D eigenvalue weighted by atomic mass is 32.2. The molecular formula is C24H32FN3O6S2. The molecule has 0 spiro atoms. The second kappa shape index (κ2) is 12.5. The Morgan fingerprint density at radius 1 is 1.03 bits per heavy atom. The quantitative estimate of drug-likeness (QED) is 0.414. The highest BCUT2D eigenvalue weighted by Gasteiger charge is 2.25. The smallest absolute Gasteiger partial charge is 0.243 e. The number of hydrogen-bond acceptors (Lipinski definition) is 6. The van der Waals surface area contributed by atoms with Gasteiger partial charge in [-0.25, -0.2) is 21.2 Å². The Morgan fingerprint density at radius 3 is 2.33 bits per heavy atom. The van der Waals surface area contributed by atoms with Gasteiger partial charge in [0, 0.05) is 26.1 Å². The van der Waals surface area contributed by atoms with Gasteiger partial charge in [0.25, 0.3) is 0 Å². The SMILES string of the molecule is CS(=O)(=O)N(CCCC(=O)NCCOc1ccc(S(=O)(=O)N2CCCCC2)cc1)c1ccccc1F. The first kappa shape index (κ1) is 27.9. The van der Waals surface area contributed by atoms with Gasteiger partial charge in [-0.3, -0.25) is 9.10 Å². The maximum atomic E-state index is 14.0. The van der Waals surface area contributed by atoms with Gasteiger partial charge in [-0.1, -0.05) is 18.6 Å². The summed E-state index contributed by atoms with van der Waals surface area (Å²) in [5.74, 6) is -0.458. The average molecular weight is 542 g/mol. The number of ether oxygens (including phenoxy) is 1. The molecule has 0 aromatic heterocycles. The standard InChI is InChI=1S/C24H32FN3O6S2/c1-35(30,31)28(23-9-4-3-8-22(23)25)18-7-10-24(29)26-15-19-34-20-11-13-21(14-12-20)36(32,33)27-16-5-2-6-17-27/h3-4,8-9,11-14H,2,5-7,10,15-19H2,1H3,(H,26,29). The third-order valence-corrected chi connectivity index (χ3v) is 8.85. The van der Waals surface area contributed by atoms with Crippen LogP contribution in [0.2, 0.25) is 0 Å². The third-order valence-electron chi connectivity index (χ3n) is 5.76. The average Bonchev–Trinajstić information content (AvgIpc) is 2.85. The fourth-order valence-electron chi connectivity index (χ4n) is 3.91. The van der Waals surface area contributed by atoms with E-state index in [9.17, 15) is 26.0 Å². The van der Waals surface area contributed by atoms with E-state index in [-0.39, 0.29) is 49.0 Å². The molecule has 0 unspecified atom stereocenters. The molecule has 9 nitrogen and oxygen atoms in total. The molecule has 2 aromatic carbocycles. The first-order valence-electron chi connectivity index (χ1n) is 11.8. The molecule has 1 amide bonds. The van der Waals surface area contributed by atoms with Gasteiger partial charge in [0.2, 0.25) is 26.0 Å². The number of benzene rings is 2. The van der Waals surface area contributed by atoms with Crippen molar-refractivity contribution < 1.29 is 30.8 Å². The van der Waals surface area contributed by atoms with Crippen molar-refractivity contribution >= 4 is 31.6 Å². The lowest BCUT2D eigenvalue weighted by atomic mass is 10.2. The predicted molar refractivity (Wildman–Crippen MR) is 135 cm³/mol. The van der Waals surface area contributed by atoms with Crippen LogP contribution >= 0.6 is 0 Å². The van der Waals surface area contributed by atoms with Crippen LogP contribution in [-0.4, -0.2) is 66.1 Å². The molecule has 1 heterocycles. The van der Waals surface area contributed by atoms with Gasteiger partial charge in [0.1, 0.15) is 18.2 Å². The summed E-state index contributed by atoms with van der Waals surface area (Å²) in [6, 6.07) is 11.8. The summed E-state index contributed by atoms with van der Waals surface area (Å²) in [4.78, 5) is 12.3. The maximum absolute atomic E-state index is 14.0. The summed E-state index contributed by atoms with van der Waals surface area (Å²) in [7, 11) is -7.21. The number of amides is 1. The van der Waals surface area contributed by atoms with Gasteiger partial charge >= 0.3 is 0 Å². The molecule has 0 saturated carbocycles. The van der Waals surface area contributed by atoms with Gasteiger partial charge in [-0.2, -0.15) is 4.31 Å². The minimum atomic E-state index is -3.71. The molecule has 1 aliphatic heterocycles. The van der Waals surface area contributed by atoms with E-state index >= 15 is 0 Å². The topological polar surface area (TPSA) is 113 Å². The number of hydrogen-bond donors (Lipinski definition) is 1. The molecule has 1 fully saturated rings. The monoisotopic (exact) mass is 541 g/mol. The van der Waals surface area contributed by atoms with Gasteiger partial charge < -0.3 is 10.1 Å². The number of halogens is 1. The normalized spacial score (nSPS) is 14.8. The summed E-state index contributed by atoms with van der Waals surface area (Å²) in [6.45, 7) is 1.44. The molecule has 1 aliphatic rings. The fraction of sp³-hybridized carbons (Fsp3) is 0.458. The Balaban J connectivity index is 1.40. The van der Waals surface area contributed by atoms with Crippen molar-refractivity contribution in [2.24, 2.45) is 0 Å². The van der Waals surface area contributed by atoms with Gasteiger partial charge in [0.15, 0.2) is 0 Å². The Morgan fingerprint density at radius 2 is 1.69 bits per heavy atom. The van der Waals surface area contributed by atoms with Crippen LogP contribution in [0.25, 0.3) is 0 Å². The second-order valence-corrected chi connectivity index (χ2v) is 12.4. The number of sulfonamides is 2. The molecule has 1 saturated heterocycles. The first-order chi connectivity index (χ1) is 17.1. The van der Waals surface area contributed by atoms with Crippen LogP contribution in [0.5, 0.6) is 5.75 Å². The van der Waals surface area contributed by atoms with Crippen molar-refractivity contribution in [3.05, 3.63) is 54.3 Å². The number of para-hydroxylation sites is 1. The molecule has 3 rings (SSSR count). The Labute approximate surface area is 212 Å². The van der Waals surface area contributed by atoms with Crippen molar-refractivity contribution in [2.75, 3.05) is 43.3 Å². The molecule has 2 aromatic rings. The highest BCUT2D eigenvalue weighted by molar-refractivity contribution is 7.92. The van der Waals surface area contributed by atoms with Gasteiger partial charge in [0.05, 0.1) is 23.4 Å². The van der Waals surface area contributed by atoms with Crippen molar-refractivity contribution in [1.29, 1.82) is 0 Å². The van der Waals surface area contributed by atoms with Crippen LogP contribution < -0.4 is 14.4 Å². The number of piperidine rings is 1. The maximum Gasteiger partial charge on any atom is 0.243 e. The van der Waals surface area contributed by atoms with Crippen LogP contribution in [0.3, 0.4) is 0 Å². The summed E-state index contributed by atoms with van der Waals surface area (Å²) >= 11 is 0. The minimum Gasteiger partial charge on any atom is -0.492 e. The minimum absolute atomic E-state index is 0.0314. The Hall–Kier alpha value is -2.70. The van der Waals surface area contributed by atoms with Crippen LogP contribution in [0.4, 0.5) is 10.1 Å². The van der Waals surface area contributed by atoms with E-state index in [4.69, 9.17) is 4.74 Å². The van der Waals surface area contributed by atoms with E-state index in [1.165, 1.54) is 34.6 Å². The van der Waals surface area contributed by atoms with Crippen molar-refractivity contribution in [3.63, 3.8) is 0 Å². The lowest BCUT2D eigenvalue weighted by Crippen LogP contribution is -2.35. The molecule has 0 atom stereocenters. The zero-order valence-electron chi connectivity index (χ0n) is 20.2. The van der Waals surface area contributed by atoms with Gasteiger partial charge in [-0.05, 0) is 55.7 Å². The lowest BCUT2D eigenvalue weighted by molar-refractivity contribution is -0.121. The van der Waals surface area contributed by atoms with Crippen LogP contribution in [0.15, 0.2) is 53.4 Å². The highest BCUT2D eigenvalue weighted by Crippen LogP contribution is 2.23. The summed E-state index contributed by atoms with van der Waals surface area (Å²) in [6.07, 6.45) is 4.04. The first-order valence-corrected chi connectivity index (χ1v) is 15.1. The second-order valence-electron chi connectivity index (χ2n) is 8.52. The third kappa shape index (κ3) is 7.65. The number of rotatable bonds is 12. The number of carbonyl (C=O) groups excluding carboxylic acids is 1.